The molecule has 98 valence electrons. The number of hydrogen-bond donors (Lipinski definition) is 1. The quantitative estimate of drug-likeness (QED) is 0.837. The summed E-state index contributed by atoms with van der Waals surface area (Å²) in [7, 11) is 1.47. The Hall–Kier alpha value is -2.35. The van der Waals surface area contributed by atoms with Crippen molar-refractivity contribution in [3.63, 3.8) is 0 Å². The molecule has 0 saturated carbocycles. The fraction of sp³-hybridized carbons (Fsp3) is 0.357. The third-order valence-electron chi connectivity index (χ3n) is 3.29. The fourth-order valence-electron chi connectivity index (χ4n) is 2.09. The SMILES string of the molecule is CCC(CC#N)Nc1ccc2c(c1)C(=O)N(C)C2=O. The molecule has 0 radical (unpaired) electrons. The molecule has 1 heterocycles. The van der Waals surface area contributed by atoms with E-state index in [0.717, 1.165) is 17.0 Å². The third-order valence-corrected chi connectivity index (χ3v) is 3.29. The van der Waals surface area contributed by atoms with Gasteiger partial charge in [-0.15, -0.1) is 0 Å². The number of nitrogens with zero attached hydrogens (tertiary/aromatic N) is 2. The lowest BCUT2D eigenvalue weighted by Gasteiger charge is -2.15. The second-order valence-corrected chi connectivity index (χ2v) is 4.54. The lowest BCUT2D eigenvalue weighted by atomic mass is 10.1. The summed E-state index contributed by atoms with van der Waals surface area (Å²) in [6, 6.07) is 7.27. The summed E-state index contributed by atoms with van der Waals surface area (Å²) in [5, 5.41) is 11.9. The average molecular weight is 257 g/mol. The maximum Gasteiger partial charge on any atom is 0.261 e. The molecule has 1 unspecified atom stereocenters. The van der Waals surface area contributed by atoms with Gasteiger partial charge in [0.2, 0.25) is 0 Å². The Morgan fingerprint density at radius 2 is 2.00 bits per heavy atom. The Morgan fingerprint density at radius 3 is 2.63 bits per heavy atom. The van der Waals surface area contributed by atoms with E-state index in [9.17, 15) is 9.59 Å². The van der Waals surface area contributed by atoms with Gasteiger partial charge in [0.1, 0.15) is 0 Å². The highest BCUT2D eigenvalue weighted by Gasteiger charge is 2.32. The van der Waals surface area contributed by atoms with Gasteiger partial charge in [0.25, 0.3) is 11.8 Å². The van der Waals surface area contributed by atoms with Crippen molar-refractivity contribution < 1.29 is 9.59 Å². The van der Waals surface area contributed by atoms with E-state index in [0.29, 0.717) is 17.5 Å². The first-order valence-electron chi connectivity index (χ1n) is 6.18. The van der Waals surface area contributed by atoms with Crippen LogP contribution in [0.4, 0.5) is 5.69 Å². The Morgan fingerprint density at radius 1 is 1.32 bits per heavy atom. The first-order chi connectivity index (χ1) is 9.08. The van der Waals surface area contributed by atoms with Gasteiger partial charge in [-0.1, -0.05) is 6.92 Å². The van der Waals surface area contributed by atoms with Gasteiger partial charge in [0.05, 0.1) is 23.6 Å². The molecular weight excluding hydrogens is 242 g/mol. The topological polar surface area (TPSA) is 73.2 Å². The number of benzene rings is 1. The van der Waals surface area contributed by atoms with Crippen LogP contribution in [-0.2, 0) is 0 Å². The molecule has 5 heteroatoms. The number of carbonyl (C=O) groups excluding carboxylic acids is 2. The molecule has 1 aromatic rings. The number of carbonyl (C=O) groups is 2. The lowest BCUT2D eigenvalue weighted by molar-refractivity contribution is 0.0693. The van der Waals surface area contributed by atoms with E-state index in [4.69, 9.17) is 5.26 Å². The minimum atomic E-state index is -0.281. The maximum absolute atomic E-state index is 11.9. The van der Waals surface area contributed by atoms with E-state index in [1.54, 1.807) is 18.2 Å². The molecule has 0 fully saturated rings. The van der Waals surface area contributed by atoms with Crippen molar-refractivity contribution in [3.05, 3.63) is 29.3 Å². The molecular formula is C14H15N3O2. The van der Waals surface area contributed by atoms with Crippen LogP contribution in [0.5, 0.6) is 0 Å². The van der Waals surface area contributed by atoms with Crippen molar-refractivity contribution in [3.8, 4) is 6.07 Å². The van der Waals surface area contributed by atoms with Crippen LogP contribution >= 0.6 is 0 Å². The third kappa shape index (κ3) is 2.29. The molecule has 0 spiro atoms. The molecule has 1 aromatic carbocycles. The van der Waals surface area contributed by atoms with Gasteiger partial charge in [-0.2, -0.15) is 5.26 Å². The molecule has 2 rings (SSSR count). The normalized spacial score (nSPS) is 15.1. The van der Waals surface area contributed by atoms with Crippen LogP contribution in [0.15, 0.2) is 18.2 Å². The smallest absolute Gasteiger partial charge is 0.261 e. The van der Waals surface area contributed by atoms with Gasteiger partial charge in [-0.3, -0.25) is 14.5 Å². The molecule has 0 aromatic heterocycles. The minimum absolute atomic E-state index is 0.0491. The summed E-state index contributed by atoms with van der Waals surface area (Å²) in [5.74, 6) is -0.549. The van der Waals surface area contributed by atoms with Crippen molar-refractivity contribution in [1.82, 2.24) is 4.90 Å². The summed E-state index contributed by atoms with van der Waals surface area (Å²) in [6.45, 7) is 1.99. The lowest BCUT2D eigenvalue weighted by Crippen LogP contribution is -2.24. The minimum Gasteiger partial charge on any atom is -0.381 e. The number of hydrogen-bond acceptors (Lipinski definition) is 4. The molecule has 1 aliphatic rings. The van der Waals surface area contributed by atoms with Crippen LogP contribution in [0.1, 0.15) is 40.5 Å². The summed E-state index contributed by atoms with van der Waals surface area (Å²) in [6.07, 6.45) is 1.22. The molecule has 2 amide bonds. The zero-order chi connectivity index (χ0) is 14.0. The highest BCUT2D eigenvalue weighted by Crippen LogP contribution is 2.25. The molecule has 0 bridgehead atoms. The van der Waals surface area contributed by atoms with Crippen molar-refractivity contribution >= 4 is 17.5 Å². The van der Waals surface area contributed by atoms with Crippen molar-refractivity contribution in [1.29, 1.82) is 5.26 Å². The predicted molar refractivity (Wildman–Crippen MR) is 70.8 cm³/mol. The zero-order valence-corrected chi connectivity index (χ0v) is 10.9. The van der Waals surface area contributed by atoms with E-state index < -0.39 is 0 Å². The Balaban J connectivity index is 2.26. The van der Waals surface area contributed by atoms with Gasteiger partial charge in [-0.05, 0) is 24.6 Å². The first-order valence-corrected chi connectivity index (χ1v) is 6.18. The van der Waals surface area contributed by atoms with Crippen LogP contribution in [0.3, 0.4) is 0 Å². The van der Waals surface area contributed by atoms with Gasteiger partial charge in [0.15, 0.2) is 0 Å². The van der Waals surface area contributed by atoms with E-state index >= 15 is 0 Å². The largest absolute Gasteiger partial charge is 0.381 e. The predicted octanol–water partition coefficient (Wildman–Crippen LogP) is 2.02. The molecule has 1 atom stereocenters. The Bertz CT molecular complexity index is 575. The molecule has 0 saturated heterocycles. The molecule has 5 nitrogen and oxygen atoms in total. The standard InChI is InChI=1S/C14H15N3O2/c1-3-9(6-7-15)16-10-4-5-11-12(8-10)14(19)17(2)13(11)18/h4-5,8-9,16H,3,6H2,1-2H3. The monoisotopic (exact) mass is 257 g/mol. The fourth-order valence-corrected chi connectivity index (χ4v) is 2.09. The Labute approximate surface area is 111 Å². The number of imide groups is 1. The number of rotatable bonds is 4. The zero-order valence-electron chi connectivity index (χ0n) is 10.9. The highest BCUT2D eigenvalue weighted by molar-refractivity contribution is 6.21. The van der Waals surface area contributed by atoms with E-state index in [2.05, 4.69) is 11.4 Å². The van der Waals surface area contributed by atoms with Crippen LogP contribution in [0.25, 0.3) is 0 Å². The van der Waals surface area contributed by atoms with Crippen LogP contribution < -0.4 is 5.32 Å². The second kappa shape index (κ2) is 5.11. The molecule has 0 aliphatic carbocycles. The number of anilines is 1. The summed E-state index contributed by atoms with van der Waals surface area (Å²) < 4.78 is 0. The van der Waals surface area contributed by atoms with E-state index in [-0.39, 0.29) is 17.9 Å². The summed E-state index contributed by atoms with van der Waals surface area (Å²) >= 11 is 0. The Kier molecular flexibility index (Phi) is 3.52. The van der Waals surface area contributed by atoms with Crippen molar-refractivity contribution in [2.45, 2.75) is 25.8 Å². The van der Waals surface area contributed by atoms with E-state index in [1.807, 2.05) is 6.92 Å². The van der Waals surface area contributed by atoms with Crippen molar-refractivity contribution in [2.75, 3.05) is 12.4 Å². The summed E-state index contributed by atoms with van der Waals surface area (Å²) in [4.78, 5) is 24.7. The number of nitriles is 1. The van der Waals surface area contributed by atoms with Gasteiger partial charge in [0, 0.05) is 18.8 Å². The number of nitrogens with one attached hydrogen (secondary N) is 1. The second-order valence-electron chi connectivity index (χ2n) is 4.54. The molecule has 19 heavy (non-hydrogen) atoms. The van der Waals surface area contributed by atoms with Crippen LogP contribution in [-0.4, -0.2) is 29.8 Å². The van der Waals surface area contributed by atoms with Crippen LogP contribution in [0.2, 0.25) is 0 Å². The van der Waals surface area contributed by atoms with Gasteiger partial charge in [-0.25, -0.2) is 0 Å². The maximum atomic E-state index is 11.9. The summed E-state index contributed by atoms with van der Waals surface area (Å²) in [5.41, 5.74) is 1.62. The molecule has 1 aliphatic heterocycles. The van der Waals surface area contributed by atoms with Crippen molar-refractivity contribution in [2.24, 2.45) is 0 Å². The van der Waals surface area contributed by atoms with Gasteiger partial charge < -0.3 is 5.32 Å². The van der Waals surface area contributed by atoms with E-state index in [1.165, 1.54) is 7.05 Å². The highest BCUT2D eigenvalue weighted by atomic mass is 16.2. The first kappa shape index (κ1) is 13.1. The van der Waals surface area contributed by atoms with Gasteiger partial charge >= 0.3 is 0 Å². The molecule has 1 N–H and O–H groups in total. The number of fused-ring (bicyclic) bond motifs is 1. The average Bonchev–Trinajstić information content (AvgIpc) is 2.63. The van der Waals surface area contributed by atoms with Crippen LogP contribution in [0, 0.1) is 11.3 Å². The number of amides is 2.